The van der Waals surface area contributed by atoms with Crippen LogP contribution in [0.15, 0.2) is 36.4 Å². The number of benzene rings is 2. The zero-order valence-corrected chi connectivity index (χ0v) is 12.5. The van der Waals surface area contributed by atoms with Crippen LogP contribution in [0.4, 0.5) is 0 Å². The molecular formula is C19H25N. The lowest BCUT2D eigenvalue weighted by Gasteiger charge is -2.14. The number of rotatable bonds is 6. The van der Waals surface area contributed by atoms with E-state index in [0.717, 1.165) is 6.54 Å². The Balaban J connectivity index is 1.68. The van der Waals surface area contributed by atoms with Crippen LogP contribution in [0, 0.1) is 0 Å². The summed E-state index contributed by atoms with van der Waals surface area (Å²) in [6.07, 6.45) is 7.85. The highest BCUT2D eigenvalue weighted by atomic mass is 14.9. The predicted octanol–water partition coefficient (Wildman–Crippen LogP) is 5.00. The van der Waals surface area contributed by atoms with Gasteiger partial charge >= 0.3 is 0 Å². The molecule has 0 heterocycles. The van der Waals surface area contributed by atoms with Crippen molar-refractivity contribution >= 4 is 10.8 Å². The van der Waals surface area contributed by atoms with Crippen molar-refractivity contribution < 1.29 is 0 Å². The van der Waals surface area contributed by atoms with Gasteiger partial charge in [-0.2, -0.15) is 0 Å². The summed E-state index contributed by atoms with van der Waals surface area (Å²) in [5.74, 6) is 0. The minimum atomic E-state index is 0.580. The molecule has 1 nitrogen and oxygen atoms in total. The van der Waals surface area contributed by atoms with Gasteiger partial charge in [-0.1, -0.05) is 56.5 Å². The summed E-state index contributed by atoms with van der Waals surface area (Å²) >= 11 is 0. The molecule has 1 N–H and O–H groups in total. The van der Waals surface area contributed by atoms with Gasteiger partial charge in [0, 0.05) is 6.04 Å². The van der Waals surface area contributed by atoms with Crippen molar-refractivity contribution in [2.75, 3.05) is 6.54 Å². The second-order valence-electron chi connectivity index (χ2n) is 6.00. The highest BCUT2D eigenvalue weighted by molar-refractivity contribution is 5.84. The number of nitrogens with one attached hydrogen (secondary N) is 1. The molecule has 1 aliphatic carbocycles. The third kappa shape index (κ3) is 2.88. The Kier molecular flexibility index (Phi) is 4.37. The van der Waals surface area contributed by atoms with E-state index in [1.165, 1.54) is 49.3 Å². The highest BCUT2D eigenvalue weighted by Gasteiger charge is 2.22. The molecule has 0 spiro atoms. The zero-order valence-electron chi connectivity index (χ0n) is 12.5. The van der Waals surface area contributed by atoms with E-state index in [4.69, 9.17) is 0 Å². The first-order valence-electron chi connectivity index (χ1n) is 8.13. The second-order valence-corrected chi connectivity index (χ2v) is 6.00. The molecule has 106 valence electrons. The van der Waals surface area contributed by atoms with Crippen LogP contribution in [-0.2, 0) is 6.42 Å². The van der Waals surface area contributed by atoms with E-state index in [1.807, 2.05) is 0 Å². The smallest absolute Gasteiger partial charge is 0.0326 e. The zero-order chi connectivity index (χ0) is 13.8. The molecule has 3 rings (SSSR count). The van der Waals surface area contributed by atoms with Gasteiger partial charge < -0.3 is 5.32 Å². The van der Waals surface area contributed by atoms with Crippen molar-refractivity contribution in [3.05, 3.63) is 47.5 Å². The molecule has 0 amide bonds. The first-order valence-corrected chi connectivity index (χ1v) is 8.13. The van der Waals surface area contributed by atoms with Crippen LogP contribution >= 0.6 is 0 Å². The Morgan fingerprint density at radius 1 is 1.05 bits per heavy atom. The first-order chi connectivity index (χ1) is 9.88. The van der Waals surface area contributed by atoms with Crippen molar-refractivity contribution in [1.82, 2.24) is 5.32 Å². The molecule has 0 aliphatic heterocycles. The van der Waals surface area contributed by atoms with Crippen LogP contribution in [0.5, 0.6) is 0 Å². The Hall–Kier alpha value is -1.34. The molecule has 0 bridgehead atoms. The molecule has 0 saturated heterocycles. The van der Waals surface area contributed by atoms with Crippen LogP contribution in [-0.4, -0.2) is 6.54 Å². The van der Waals surface area contributed by atoms with E-state index in [2.05, 4.69) is 48.6 Å². The maximum Gasteiger partial charge on any atom is 0.0326 e. The van der Waals surface area contributed by atoms with Gasteiger partial charge in [-0.25, -0.2) is 0 Å². The molecule has 0 fully saturated rings. The molecule has 1 heteroatoms. The monoisotopic (exact) mass is 267 g/mol. The fourth-order valence-corrected chi connectivity index (χ4v) is 3.34. The normalized spacial score (nSPS) is 17.6. The molecular weight excluding hydrogens is 242 g/mol. The minimum absolute atomic E-state index is 0.580. The lowest BCUT2D eigenvalue weighted by Crippen LogP contribution is -2.20. The van der Waals surface area contributed by atoms with Gasteiger partial charge in [-0.3, -0.25) is 0 Å². The van der Waals surface area contributed by atoms with Crippen LogP contribution in [0.3, 0.4) is 0 Å². The van der Waals surface area contributed by atoms with Crippen LogP contribution in [0.25, 0.3) is 10.8 Å². The van der Waals surface area contributed by atoms with E-state index >= 15 is 0 Å². The number of hydrogen-bond acceptors (Lipinski definition) is 1. The topological polar surface area (TPSA) is 12.0 Å². The van der Waals surface area contributed by atoms with Gasteiger partial charge in [0.05, 0.1) is 0 Å². The maximum atomic E-state index is 3.76. The Morgan fingerprint density at radius 2 is 1.85 bits per heavy atom. The molecule has 2 aromatic rings. The SMILES string of the molecule is CCCCCCNC1CCc2cc3ccccc3cc21. The third-order valence-electron chi connectivity index (χ3n) is 4.51. The molecule has 20 heavy (non-hydrogen) atoms. The number of unbranched alkanes of at least 4 members (excludes halogenated alkanes) is 3. The van der Waals surface area contributed by atoms with Gasteiger partial charge in [-0.05, 0) is 53.8 Å². The molecule has 2 aromatic carbocycles. The van der Waals surface area contributed by atoms with E-state index < -0.39 is 0 Å². The first kappa shape index (κ1) is 13.6. The summed E-state index contributed by atoms with van der Waals surface area (Å²) in [7, 11) is 0. The minimum Gasteiger partial charge on any atom is -0.310 e. The fraction of sp³-hybridized carbons (Fsp3) is 0.474. The van der Waals surface area contributed by atoms with Crippen LogP contribution in [0.2, 0.25) is 0 Å². The van der Waals surface area contributed by atoms with Crippen molar-refractivity contribution in [3.8, 4) is 0 Å². The number of aryl methyl sites for hydroxylation is 1. The van der Waals surface area contributed by atoms with E-state index in [0.29, 0.717) is 6.04 Å². The average molecular weight is 267 g/mol. The molecule has 1 aliphatic rings. The van der Waals surface area contributed by atoms with Gasteiger partial charge in [0.1, 0.15) is 0 Å². The van der Waals surface area contributed by atoms with Crippen molar-refractivity contribution in [2.45, 2.75) is 51.5 Å². The van der Waals surface area contributed by atoms with Crippen molar-refractivity contribution in [2.24, 2.45) is 0 Å². The Bertz CT molecular complexity index is 573. The quantitative estimate of drug-likeness (QED) is 0.726. The maximum absolute atomic E-state index is 3.76. The van der Waals surface area contributed by atoms with Gasteiger partial charge in [0.25, 0.3) is 0 Å². The predicted molar refractivity (Wildman–Crippen MR) is 87.2 cm³/mol. The number of fused-ring (bicyclic) bond motifs is 2. The summed E-state index contributed by atoms with van der Waals surface area (Å²) in [4.78, 5) is 0. The molecule has 1 atom stereocenters. The van der Waals surface area contributed by atoms with Crippen LogP contribution in [0.1, 0.15) is 56.2 Å². The van der Waals surface area contributed by atoms with Gasteiger partial charge in [0.15, 0.2) is 0 Å². The summed E-state index contributed by atoms with van der Waals surface area (Å²) in [5, 5.41) is 6.53. The van der Waals surface area contributed by atoms with Gasteiger partial charge in [0.2, 0.25) is 0 Å². The fourth-order valence-electron chi connectivity index (χ4n) is 3.34. The standard InChI is InChI=1S/C19H25N/c1-2-3-4-7-12-20-19-11-10-17-13-15-8-5-6-9-16(15)14-18(17)19/h5-6,8-9,13-14,19-20H,2-4,7,10-12H2,1H3. The van der Waals surface area contributed by atoms with Crippen LogP contribution < -0.4 is 5.32 Å². The largest absolute Gasteiger partial charge is 0.310 e. The Morgan fingerprint density at radius 3 is 2.65 bits per heavy atom. The lowest BCUT2D eigenvalue weighted by atomic mass is 10.0. The molecule has 1 unspecified atom stereocenters. The number of hydrogen-bond donors (Lipinski definition) is 1. The molecule has 0 saturated carbocycles. The van der Waals surface area contributed by atoms with E-state index in [-0.39, 0.29) is 0 Å². The van der Waals surface area contributed by atoms with E-state index in [1.54, 1.807) is 11.1 Å². The second kappa shape index (κ2) is 6.41. The average Bonchev–Trinajstić information content (AvgIpc) is 2.87. The summed E-state index contributed by atoms with van der Waals surface area (Å²) in [6.45, 7) is 3.43. The van der Waals surface area contributed by atoms with E-state index in [9.17, 15) is 0 Å². The van der Waals surface area contributed by atoms with Gasteiger partial charge in [-0.15, -0.1) is 0 Å². The van der Waals surface area contributed by atoms with Crippen molar-refractivity contribution in [1.29, 1.82) is 0 Å². The molecule has 0 radical (unpaired) electrons. The summed E-state index contributed by atoms with van der Waals surface area (Å²) in [6, 6.07) is 14.1. The third-order valence-corrected chi connectivity index (χ3v) is 4.51. The summed E-state index contributed by atoms with van der Waals surface area (Å²) in [5.41, 5.74) is 3.09. The lowest BCUT2D eigenvalue weighted by molar-refractivity contribution is 0.506. The summed E-state index contributed by atoms with van der Waals surface area (Å²) < 4.78 is 0. The van der Waals surface area contributed by atoms with Crippen molar-refractivity contribution in [3.63, 3.8) is 0 Å². The highest BCUT2D eigenvalue weighted by Crippen LogP contribution is 2.34. The molecule has 0 aromatic heterocycles. The Labute approximate surface area is 122 Å².